The third-order valence-electron chi connectivity index (χ3n) is 3.12. The van der Waals surface area contributed by atoms with E-state index in [2.05, 4.69) is 10.6 Å². The van der Waals surface area contributed by atoms with Crippen LogP contribution in [0.3, 0.4) is 0 Å². The van der Waals surface area contributed by atoms with Crippen LogP contribution in [0.15, 0.2) is 42.5 Å². The highest BCUT2D eigenvalue weighted by atomic mass is 19.1. The molecule has 6 heteroatoms. The van der Waals surface area contributed by atoms with Crippen molar-refractivity contribution < 1.29 is 18.3 Å². The summed E-state index contributed by atoms with van der Waals surface area (Å²) in [6.07, 6.45) is 0. The van der Waals surface area contributed by atoms with Gasteiger partial charge in [0.15, 0.2) is 0 Å². The third kappa shape index (κ3) is 3.94. The molecule has 0 fully saturated rings. The van der Waals surface area contributed by atoms with E-state index >= 15 is 0 Å². The van der Waals surface area contributed by atoms with Crippen LogP contribution in [0.4, 0.5) is 19.3 Å². The molecule has 4 nitrogen and oxygen atoms in total. The van der Waals surface area contributed by atoms with Crippen LogP contribution in [-0.4, -0.2) is 13.1 Å². The number of halogens is 2. The van der Waals surface area contributed by atoms with Gasteiger partial charge in [0.25, 0.3) is 0 Å². The van der Waals surface area contributed by atoms with E-state index in [0.717, 1.165) is 11.6 Å². The van der Waals surface area contributed by atoms with Gasteiger partial charge in [-0.15, -0.1) is 0 Å². The lowest BCUT2D eigenvalue weighted by Crippen LogP contribution is -2.31. The van der Waals surface area contributed by atoms with Crippen LogP contribution in [-0.2, 0) is 0 Å². The van der Waals surface area contributed by atoms with E-state index in [-0.39, 0.29) is 11.7 Å². The predicted octanol–water partition coefficient (Wildman–Crippen LogP) is 3.86. The zero-order chi connectivity index (χ0) is 16.1. The normalized spacial score (nSPS) is 11.6. The first-order valence-electron chi connectivity index (χ1n) is 6.66. The van der Waals surface area contributed by atoms with E-state index in [1.54, 1.807) is 26.2 Å². The van der Waals surface area contributed by atoms with Crippen LogP contribution in [0.5, 0.6) is 5.75 Å². The number of methoxy groups -OCH3 is 1. The van der Waals surface area contributed by atoms with Gasteiger partial charge in [-0.2, -0.15) is 0 Å². The summed E-state index contributed by atoms with van der Waals surface area (Å²) in [5, 5.41) is 5.02. The summed E-state index contributed by atoms with van der Waals surface area (Å²) in [4.78, 5) is 11.9. The summed E-state index contributed by atoms with van der Waals surface area (Å²) in [7, 11) is 1.56. The molecule has 0 aromatic heterocycles. The maximum absolute atomic E-state index is 13.5. The summed E-state index contributed by atoms with van der Waals surface area (Å²) >= 11 is 0. The number of rotatable bonds is 4. The summed E-state index contributed by atoms with van der Waals surface area (Å²) in [5.74, 6) is -0.853. The van der Waals surface area contributed by atoms with Crippen LogP contribution in [0, 0.1) is 11.6 Å². The number of benzene rings is 2. The Morgan fingerprint density at radius 1 is 1.18 bits per heavy atom. The predicted molar refractivity (Wildman–Crippen MR) is 79.9 cm³/mol. The third-order valence-corrected chi connectivity index (χ3v) is 3.12. The average molecular weight is 306 g/mol. The zero-order valence-electron chi connectivity index (χ0n) is 12.2. The second-order valence-electron chi connectivity index (χ2n) is 4.72. The van der Waals surface area contributed by atoms with Crippen molar-refractivity contribution in [1.29, 1.82) is 0 Å². The second-order valence-corrected chi connectivity index (χ2v) is 4.72. The molecule has 0 saturated heterocycles. The molecular formula is C16H16F2N2O2. The number of ether oxygens (including phenoxy) is 1. The Bertz CT molecular complexity index is 677. The lowest BCUT2D eigenvalue weighted by Gasteiger charge is -2.16. The number of nitrogens with one attached hydrogen (secondary N) is 2. The van der Waals surface area contributed by atoms with Crippen LogP contribution in [0.25, 0.3) is 0 Å². The van der Waals surface area contributed by atoms with Gasteiger partial charge in [-0.25, -0.2) is 13.6 Å². The van der Waals surface area contributed by atoms with Gasteiger partial charge in [0.2, 0.25) is 0 Å². The largest absolute Gasteiger partial charge is 0.497 e. The van der Waals surface area contributed by atoms with E-state index in [9.17, 15) is 13.6 Å². The number of carbonyl (C=O) groups is 1. The van der Waals surface area contributed by atoms with E-state index in [1.807, 2.05) is 12.1 Å². The molecule has 0 bridgehead atoms. The SMILES string of the molecule is COc1cccc([C@@H](C)NC(=O)Nc2ccc(F)cc2F)c1. The Balaban J connectivity index is 2.01. The van der Waals surface area contributed by atoms with E-state index in [0.29, 0.717) is 11.8 Å². The van der Waals surface area contributed by atoms with Crippen molar-refractivity contribution in [2.45, 2.75) is 13.0 Å². The molecule has 22 heavy (non-hydrogen) atoms. The molecule has 116 valence electrons. The van der Waals surface area contributed by atoms with Gasteiger partial charge >= 0.3 is 6.03 Å². The molecule has 2 N–H and O–H groups in total. The second kappa shape index (κ2) is 6.89. The zero-order valence-corrected chi connectivity index (χ0v) is 12.2. The van der Waals surface area contributed by atoms with Gasteiger partial charge in [0, 0.05) is 6.07 Å². The Labute approximate surface area is 127 Å². The molecule has 1 atom stereocenters. The average Bonchev–Trinajstić information content (AvgIpc) is 2.50. The molecule has 0 aliphatic heterocycles. The van der Waals surface area contributed by atoms with Crippen molar-refractivity contribution in [3.63, 3.8) is 0 Å². The topological polar surface area (TPSA) is 50.4 Å². The van der Waals surface area contributed by atoms with Gasteiger partial charge in [0.1, 0.15) is 17.4 Å². The number of hydrogen-bond acceptors (Lipinski definition) is 2. The first-order valence-corrected chi connectivity index (χ1v) is 6.66. The van der Waals surface area contributed by atoms with Crippen molar-refractivity contribution in [1.82, 2.24) is 5.32 Å². The monoisotopic (exact) mass is 306 g/mol. The summed E-state index contributed by atoms with van der Waals surface area (Å²) < 4.78 is 31.4. The van der Waals surface area contributed by atoms with Crippen LogP contribution in [0.1, 0.15) is 18.5 Å². The molecule has 2 aromatic rings. The maximum Gasteiger partial charge on any atom is 0.319 e. The molecule has 0 saturated carbocycles. The van der Waals surface area contributed by atoms with Gasteiger partial charge in [-0.05, 0) is 36.8 Å². The molecule has 0 radical (unpaired) electrons. The first kappa shape index (κ1) is 15.8. The van der Waals surface area contributed by atoms with Gasteiger partial charge in [-0.3, -0.25) is 0 Å². The molecule has 0 spiro atoms. The number of amides is 2. The minimum Gasteiger partial charge on any atom is -0.497 e. The number of hydrogen-bond donors (Lipinski definition) is 2. The Kier molecular flexibility index (Phi) is 4.93. The fourth-order valence-corrected chi connectivity index (χ4v) is 1.94. The van der Waals surface area contributed by atoms with E-state index in [1.165, 1.54) is 6.07 Å². The van der Waals surface area contributed by atoms with Gasteiger partial charge in [-0.1, -0.05) is 12.1 Å². The fourth-order valence-electron chi connectivity index (χ4n) is 1.94. The number of carbonyl (C=O) groups excluding carboxylic acids is 1. The Hall–Kier alpha value is -2.63. The number of anilines is 1. The summed E-state index contributed by atoms with van der Waals surface area (Å²) in [6.45, 7) is 1.79. The molecule has 0 aliphatic carbocycles. The minimum atomic E-state index is -0.829. The molecule has 0 heterocycles. The number of urea groups is 1. The van der Waals surface area contributed by atoms with Crippen molar-refractivity contribution in [3.05, 3.63) is 59.7 Å². The summed E-state index contributed by atoms with van der Waals surface area (Å²) in [5.41, 5.74) is 0.755. The maximum atomic E-state index is 13.5. The lowest BCUT2D eigenvalue weighted by atomic mass is 10.1. The van der Waals surface area contributed by atoms with Crippen LogP contribution in [0.2, 0.25) is 0 Å². The van der Waals surface area contributed by atoms with E-state index in [4.69, 9.17) is 4.74 Å². The Morgan fingerprint density at radius 2 is 1.95 bits per heavy atom. The molecule has 2 aromatic carbocycles. The standard InChI is InChI=1S/C16H16F2N2O2/c1-10(11-4-3-5-13(8-11)22-2)19-16(21)20-15-7-6-12(17)9-14(15)18/h3-10H,1-2H3,(H2,19,20,21)/t10-/m1/s1. The quantitative estimate of drug-likeness (QED) is 0.901. The highest BCUT2D eigenvalue weighted by Gasteiger charge is 2.12. The molecule has 0 aliphatic rings. The Morgan fingerprint density at radius 3 is 2.64 bits per heavy atom. The van der Waals surface area contributed by atoms with E-state index < -0.39 is 17.7 Å². The molecule has 2 amide bonds. The van der Waals surface area contributed by atoms with Gasteiger partial charge < -0.3 is 15.4 Å². The fraction of sp³-hybridized carbons (Fsp3) is 0.188. The summed E-state index contributed by atoms with van der Waals surface area (Å²) in [6, 6.07) is 9.30. The molecule has 2 rings (SSSR count). The first-order chi connectivity index (χ1) is 10.5. The molecular weight excluding hydrogens is 290 g/mol. The van der Waals surface area contributed by atoms with Crippen LogP contribution < -0.4 is 15.4 Å². The van der Waals surface area contributed by atoms with Crippen molar-refractivity contribution in [2.24, 2.45) is 0 Å². The smallest absolute Gasteiger partial charge is 0.319 e. The molecule has 0 unspecified atom stereocenters. The van der Waals surface area contributed by atoms with Crippen molar-refractivity contribution >= 4 is 11.7 Å². The van der Waals surface area contributed by atoms with Gasteiger partial charge in [0.05, 0.1) is 18.8 Å². The highest BCUT2D eigenvalue weighted by molar-refractivity contribution is 5.89. The lowest BCUT2D eigenvalue weighted by molar-refractivity contribution is 0.249. The highest BCUT2D eigenvalue weighted by Crippen LogP contribution is 2.19. The van der Waals surface area contributed by atoms with Crippen molar-refractivity contribution in [2.75, 3.05) is 12.4 Å². The minimum absolute atomic E-state index is 0.0863. The van der Waals surface area contributed by atoms with Crippen molar-refractivity contribution in [3.8, 4) is 5.75 Å². The van der Waals surface area contributed by atoms with Crippen LogP contribution >= 0.6 is 0 Å².